The van der Waals surface area contributed by atoms with Gasteiger partial charge in [-0.15, -0.1) is 0 Å². The van der Waals surface area contributed by atoms with Crippen LogP contribution in [-0.2, 0) is 33.3 Å². The highest BCUT2D eigenvalue weighted by Crippen LogP contribution is 1.95. The fraction of sp³-hybridized carbons (Fsp3) is 0.812. The smallest absolute Gasteiger partial charge is 0.372 e. The first-order valence-corrected chi connectivity index (χ1v) is 8.53. The van der Waals surface area contributed by atoms with E-state index < -0.39 is 17.7 Å². The Labute approximate surface area is 152 Å². The summed E-state index contributed by atoms with van der Waals surface area (Å²) in [4.78, 5) is 31.3. The number of carbonyl (C=O) groups excluding carboxylic acids is 1. The summed E-state index contributed by atoms with van der Waals surface area (Å²) in [6, 6.07) is 0. The molecule has 0 aromatic rings. The van der Waals surface area contributed by atoms with Crippen LogP contribution in [-0.4, -0.2) is 81.0 Å². The van der Waals surface area contributed by atoms with Gasteiger partial charge < -0.3 is 34.5 Å². The van der Waals surface area contributed by atoms with Gasteiger partial charge in [-0.3, -0.25) is 9.59 Å². The molecular formula is C16H29NO9. The van der Waals surface area contributed by atoms with Gasteiger partial charge in [-0.05, 0) is 19.3 Å². The molecule has 26 heavy (non-hydrogen) atoms. The molecule has 0 atom stereocenters. The summed E-state index contributed by atoms with van der Waals surface area (Å²) >= 11 is 0. The minimum absolute atomic E-state index is 0.0388. The largest absolute Gasteiger partial charge is 0.481 e. The number of aliphatic carboxylic acids is 2. The predicted octanol–water partition coefficient (Wildman–Crippen LogP) is 0.246. The number of hydrogen-bond acceptors (Lipinski definition) is 8. The number of ether oxygens (including phenoxy) is 4. The van der Waals surface area contributed by atoms with Crippen molar-refractivity contribution in [3.63, 3.8) is 0 Å². The van der Waals surface area contributed by atoms with Gasteiger partial charge in [0.25, 0.3) is 0 Å². The van der Waals surface area contributed by atoms with Crippen LogP contribution in [0.4, 0.5) is 0 Å². The molecule has 152 valence electrons. The van der Waals surface area contributed by atoms with Crippen molar-refractivity contribution in [3.05, 3.63) is 0 Å². The van der Waals surface area contributed by atoms with Crippen LogP contribution >= 0.6 is 0 Å². The molecular weight excluding hydrogens is 350 g/mol. The van der Waals surface area contributed by atoms with Crippen LogP contribution in [0.5, 0.6) is 0 Å². The average Bonchev–Trinajstić information content (AvgIpc) is 2.60. The Balaban J connectivity index is 3.08. The molecule has 0 aliphatic heterocycles. The summed E-state index contributed by atoms with van der Waals surface area (Å²) in [5.41, 5.74) is 0. The third-order valence-electron chi connectivity index (χ3n) is 3.04. The van der Waals surface area contributed by atoms with E-state index in [0.717, 1.165) is 0 Å². The van der Waals surface area contributed by atoms with Crippen LogP contribution in [0.2, 0.25) is 0 Å². The first-order chi connectivity index (χ1) is 12.5. The van der Waals surface area contributed by atoms with Crippen LogP contribution in [0.3, 0.4) is 0 Å². The number of ketones is 1. The first kappa shape index (κ1) is 24.4. The highest BCUT2D eigenvalue weighted by Gasteiger charge is 2.09. The molecule has 3 N–H and O–H groups in total. The molecule has 0 rings (SSSR count). The number of carboxylic acid groups (broad SMARTS) is 2. The van der Waals surface area contributed by atoms with E-state index in [1.165, 1.54) is 0 Å². The van der Waals surface area contributed by atoms with Gasteiger partial charge in [-0.25, -0.2) is 4.79 Å². The second kappa shape index (κ2) is 18.2. The van der Waals surface area contributed by atoms with Crippen molar-refractivity contribution in [2.45, 2.75) is 32.1 Å². The van der Waals surface area contributed by atoms with Crippen molar-refractivity contribution in [2.24, 2.45) is 0 Å². The molecule has 0 amide bonds. The van der Waals surface area contributed by atoms with Gasteiger partial charge in [-0.2, -0.15) is 0 Å². The number of hydrogen-bond donors (Lipinski definition) is 3. The van der Waals surface area contributed by atoms with Gasteiger partial charge >= 0.3 is 11.9 Å². The van der Waals surface area contributed by atoms with Crippen molar-refractivity contribution in [1.82, 2.24) is 5.32 Å². The minimum atomic E-state index is -1.42. The Morgan fingerprint density at radius 3 is 1.77 bits per heavy atom. The number of nitrogens with one attached hydrogen (secondary N) is 1. The lowest BCUT2D eigenvalue weighted by molar-refractivity contribution is -0.149. The number of unbranched alkanes of at least 4 members (excludes halogenated alkanes) is 1. The Hall–Kier alpha value is -1.59. The van der Waals surface area contributed by atoms with E-state index >= 15 is 0 Å². The summed E-state index contributed by atoms with van der Waals surface area (Å²) in [6.07, 6.45) is 1.77. The van der Waals surface area contributed by atoms with Gasteiger partial charge in [0.2, 0.25) is 5.78 Å². The first-order valence-electron chi connectivity index (χ1n) is 8.53. The van der Waals surface area contributed by atoms with E-state index in [1.54, 1.807) is 0 Å². The monoisotopic (exact) mass is 379 g/mol. The van der Waals surface area contributed by atoms with E-state index in [-0.39, 0.29) is 33.0 Å². The second-order valence-corrected chi connectivity index (χ2v) is 5.30. The maximum absolute atomic E-state index is 10.8. The molecule has 0 heterocycles. The molecule has 0 unspecified atom stereocenters. The summed E-state index contributed by atoms with van der Waals surface area (Å²) < 4.78 is 20.7. The Kier molecular flexibility index (Phi) is 17.1. The van der Waals surface area contributed by atoms with Crippen LogP contribution in [0.15, 0.2) is 0 Å². The van der Waals surface area contributed by atoms with Crippen molar-refractivity contribution in [3.8, 4) is 0 Å². The van der Waals surface area contributed by atoms with E-state index in [1.807, 2.05) is 0 Å². The Bertz CT molecular complexity index is 390. The molecule has 0 aromatic heterocycles. The third-order valence-corrected chi connectivity index (χ3v) is 3.04. The average molecular weight is 379 g/mol. The van der Waals surface area contributed by atoms with E-state index in [2.05, 4.69) is 5.32 Å². The zero-order valence-corrected chi connectivity index (χ0v) is 14.9. The van der Waals surface area contributed by atoms with E-state index in [9.17, 15) is 14.4 Å². The molecule has 0 spiro atoms. The normalized spacial score (nSPS) is 10.8. The van der Waals surface area contributed by atoms with Gasteiger partial charge in [0, 0.05) is 39.1 Å². The molecule has 0 radical (unpaired) electrons. The number of carbonyl (C=O) groups is 3. The van der Waals surface area contributed by atoms with Gasteiger partial charge in [0.05, 0.1) is 13.2 Å². The van der Waals surface area contributed by atoms with Gasteiger partial charge in [0.15, 0.2) is 0 Å². The van der Waals surface area contributed by atoms with E-state index in [4.69, 9.17) is 29.2 Å². The van der Waals surface area contributed by atoms with Gasteiger partial charge in [0.1, 0.15) is 13.6 Å². The summed E-state index contributed by atoms with van der Waals surface area (Å²) in [5, 5.41) is 19.9. The summed E-state index contributed by atoms with van der Waals surface area (Å²) in [5.74, 6) is -3.03. The molecule has 0 aliphatic rings. The van der Waals surface area contributed by atoms with Crippen molar-refractivity contribution in [2.75, 3.05) is 53.1 Å². The fourth-order valence-electron chi connectivity index (χ4n) is 1.69. The standard InChI is InChI=1S/C16H29NO9/c18-14(16(21)22)4-3-9-24-13-26-11-7-17-6-10-25-12-23-8-2-1-5-15(19)20/h17H,1-13H2,(H,19,20)(H,21,22). The van der Waals surface area contributed by atoms with Crippen molar-refractivity contribution >= 4 is 17.7 Å². The maximum Gasteiger partial charge on any atom is 0.372 e. The third kappa shape index (κ3) is 18.7. The molecule has 10 heteroatoms. The predicted molar refractivity (Wildman–Crippen MR) is 89.8 cm³/mol. The highest BCUT2D eigenvalue weighted by atomic mass is 16.7. The lowest BCUT2D eigenvalue weighted by Gasteiger charge is -2.08. The fourth-order valence-corrected chi connectivity index (χ4v) is 1.69. The molecule has 0 fully saturated rings. The molecule has 0 saturated carbocycles. The second-order valence-electron chi connectivity index (χ2n) is 5.30. The maximum atomic E-state index is 10.8. The van der Waals surface area contributed by atoms with Crippen LogP contribution in [0.1, 0.15) is 32.1 Å². The van der Waals surface area contributed by atoms with Crippen LogP contribution in [0.25, 0.3) is 0 Å². The molecule has 0 aromatic carbocycles. The molecule has 0 aliphatic carbocycles. The lowest BCUT2D eigenvalue weighted by atomic mass is 10.2. The topological polar surface area (TPSA) is 141 Å². The quantitative estimate of drug-likeness (QED) is 0.153. The molecule has 0 saturated heterocycles. The van der Waals surface area contributed by atoms with E-state index in [0.29, 0.717) is 52.2 Å². The van der Waals surface area contributed by atoms with Crippen molar-refractivity contribution in [1.29, 1.82) is 0 Å². The molecule has 10 nitrogen and oxygen atoms in total. The van der Waals surface area contributed by atoms with Crippen molar-refractivity contribution < 1.29 is 43.5 Å². The number of Topliss-reactive ketones (excluding diaryl/α,β-unsaturated/α-hetero) is 1. The number of rotatable bonds is 20. The summed E-state index contributed by atoms with van der Waals surface area (Å²) in [7, 11) is 0. The Morgan fingerprint density at radius 2 is 1.23 bits per heavy atom. The highest BCUT2D eigenvalue weighted by molar-refractivity contribution is 6.32. The lowest BCUT2D eigenvalue weighted by Crippen LogP contribution is -2.24. The SMILES string of the molecule is O=C(O)CCCCOCOCCNCCOCOCCCC(=O)C(=O)O. The zero-order valence-electron chi connectivity index (χ0n) is 14.9. The minimum Gasteiger partial charge on any atom is -0.481 e. The zero-order chi connectivity index (χ0) is 19.5. The summed E-state index contributed by atoms with van der Waals surface area (Å²) in [6.45, 7) is 3.25. The van der Waals surface area contributed by atoms with Gasteiger partial charge in [-0.1, -0.05) is 0 Å². The number of carboxylic acids is 2. The Morgan fingerprint density at radius 1 is 0.692 bits per heavy atom. The molecule has 0 bridgehead atoms. The van der Waals surface area contributed by atoms with Crippen LogP contribution in [0, 0.1) is 0 Å². The van der Waals surface area contributed by atoms with Crippen LogP contribution < -0.4 is 5.32 Å².